The van der Waals surface area contributed by atoms with Gasteiger partial charge in [-0.25, -0.2) is 0 Å². The molecule has 4 rings (SSSR count). The van der Waals surface area contributed by atoms with E-state index < -0.39 is 11.7 Å². The molecule has 1 aromatic carbocycles. The fourth-order valence-corrected chi connectivity index (χ4v) is 4.61. The number of benzene rings is 1. The van der Waals surface area contributed by atoms with Crippen molar-refractivity contribution in [2.24, 2.45) is 5.92 Å². The lowest BCUT2D eigenvalue weighted by Crippen LogP contribution is -2.40. The minimum Gasteiger partial charge on any atom is -0.490 e. The molecule has 0 amide bonds. The Balaban J connectivity index is 1.41. The Morgan fingerprint density at radius 2 is 1.75 bits per heavy atom. The molecule has 2 fully saturated rings. The standard InChI is InChI=1S/C22H27F3N2O/c23-22(24,25)19-8-4-7-18-20(9-12-26-21(18)19)28-17-10-13-27(14-11-17)15-16-5-2-1-3-6-16/h4,7-9,12,16-17H,1-3,5-6,10-11,13-15H2. The molecule has 0 atom stereocenters. The quantitative estimate of drug-likeness (QED) is 0.670. The van der Waals surface area contributed by atoms with Crippen molar-refractivity contribution < 1.29 is 17.9 Å². The first-order valence-electron chi connectivity index (χ1n) is 10.3. The van der Waals surface area contributed by atoms with Crippen LogP contribution in [0.5, 0.6) is 5.75 Å². The predicted molar refractivity (Wildman–Crippen MR) is 103 cm³/mol. The first-order valence-corrected chi connectivity index (χ1v) is 10.3. The number of para-hydroxylation sites is 1. The highest BCUT2D eigenvalue weighted by Gasteiger charge is 2.33. The van der Waals surface area contributed by atoms with Gasteiger partial charge in [-0.05, 0) is 49.8 Å². The van der Waals surface area contributed by atoms with E-state index >= 15 is 0 Å². The zero-order valence-corrected chi connectivity index (χ0v) is 16.0. The SMILES string of the molecule is FC(F)(F)c1cccc2c(OC3CCN(CC4CCCCC4)CC3)ccnc12. The van der Waals surface area contributed by atoms with Gasteiger partial charge in [0.1, 0.15) is 11.9 Å². The molecule has 152 valence electrons. The van der Waals surface area contributed by atoms with Crippen molar-refractivity contribution in [1.29, 1.82) is 0 Å². The summed E-state index contributed by atoms with van der Waals surface area (Å²) in [6, 6.07) is 5.83. The second-order valence-electron chi connectivity index (χ2n) is 8.13. The van der Waals surface area contributed by atoms with Crippen LogP contribution in [0.15, 0.2) is 30.5 Å². The molecule has 0 bridgehead atoms. The van der Waals surface area contributed by atoms with E-state index in [9.17, 15) is 13.2 Å². The summed E-state index contributed by atoms with van der Waals surface area (Å²) in [6.45, 7) is 3.18. The largest absolute Gasteiger partial charge is 0.490 e. The second-order valence-corrected chi connectivity index (χ2v) is 8.13. The summed E-state index contributed by atoms with van der Waals surface area (Å²) < 4.78 is 45.9. The highest BCUT2D eigenvalue weighted by molar-refractivity contribution is 5.87. The van der Waals surface area contributed by atoms with Crippen molar-refractivity contribution >= 4 is 10.9 Å². The lowest BCUT2D eigenvalue weighted by atomic mass is 9.88. The zero-order valence-electron chi connectivity index (χ0n) is 16.0. The number of likely N-dealkylation sites (tertiary alicyclic amines) is 1. The van der Waals surface area contributed by atoms with Crippen molar-refractivity contribution in [3.63, 3.8) is 0 Å². The highest BCUT2D eigenvalue weighted by Crippen LogP contribution is 2.37. The molecule has 0 spiro atoms. The van der Waals surface area contributed by atoms with Gasteiger partial charge < -0.3 is 9.64 Å². The first-order chi connectivity index (χ1) is 13.5. The van der Waals surface area contributed by atoms with Crippen LogP contribution < -0.4 is 4.74 Å². The van der Waals surface area contributed by atoms with Crippen LogP contribution in [0.4, 0.5) is 13.2 Å². The van der Waals surface area contributed by atoms with Gasteiger partial charge in [0.15, 0.2) is 0 Å². The van der Waals surface area contributed by atoms with Gasteiger partial charge in [0, 0.05) is 31.2 Å². The number of fused-ring (bicyclic) bond motifs is 1. The minimum atomic E-state index is -4.42. The molecule has 0 radical (unpaired) electrons. The lowest BCUT2D eigenvalue weighted by molar-refractivity contribution is -0.136. The Hall–Kier alpha value is -1.82. The molecule has 1 aromatic heterocycles. The van der Waals surface area contributed by atoms with Crippen LogP contribution in [0.3, 0.4) is 0 Å². The molecular formula is C22H27F3N2O. The third-order valence-electron chi connectivity index (χ3n) is 6.11. The van der Waals surface area contributed by atoms with Gasteiger partial charge in [-0.3, -0.25) is 4.98 Å². The summed E-state index contributed by atoms with van der Waals surface area (Å²) in [5.41, 5.74) is -0.750. The maximum absolute atomic E-state index is 13.3. The summed E-state index contributed by atoms with van der Waals surface area (Å²) >= 11 is 0. The van der Waals surface area contributed by atoms with Crippen LogP contribution in [0, 0.1) is 5.92 Å². The molecule has 28 heavy (non-hydrogen) atoms. The molecule has 1 saturated heterocycles. The Morgan fingerprint density at radius 1 is 1.00 bits per heavy atom. The number of hydrogen-bond donors (Lipinski definition) is 0. The van der Waals surface area contributed by atoms with E-state index in [2.05, 4.69) is 9.88 Å². The van der Waals surface area contributed by atoms with Crippen molar-refractivity contribution in [2.45, 2.75) is 57.2 Å². The predicted octanol–water partition coefficient (Wildman–Crippen LogP) is 5.68. The maximum Gasteiger partial charge on any atom is 0.418 e. The number of alkyl halides is 3. The fraction of sp³-hybridized carbons (Fsp3) is 0.591. The van der Waals surface area contributed by atoms with Crippen LogP contribution in [-0.4, -0.2) is 35.6 Å². The smallest absolute Gasteiger partial charge is 0.418 e. The molecular weight excluding hydrogens is 365 g/mol. The van der Waals surface area contributed by atoms with Crippen molar-refractivity contribution in [3.05, 3.63) is 36.0 Å². The molecule has 1 aliphatic carbocycles. The second kappa shape index (κ2) is 8.27. The van der Waals surface area contributed by atoms with Gasteiger partial charge in [-0.1, -0.05) is 25.3 Å². The van der Waals surface area contributed by atoms with Crippen LogP contribution in [0.1, 0.15) is 50.5 Å². The molecule has 1 saturated carbocycles. The van der Waals surface area contributed by atoms with E-state index in [1.807, 2.05) is 0 Å². The molecule has 2 heterocycles. The summed E-state index contributed by atoms with van der Waals surface area (Å²) in [7, 11) is 0. The van der Waals surface area contributed by atoms with Crippen molar-refractivity contribution in [1.82, 2.24) is 9.88 Å². The van der Waals surface area contributed by atoms with E-state index in [1.165, 1.54) is 50.9 Å². The number of piperidine rings is 1. The highest BCUT2D eigenvalue weighted by atomic mass is 19.4. The number of aromatic nitrogens is 1. The Morgan fingerprint density at radius 3 is 2.46 bits per heavy atom. The first kappa shape index (κ1) is 19.5. The Labute approximate surface area is 163 Å². The average Bonchev–Trinajstić information content (AvgIpc) is 2.69. The summed E-state index contributed by atoms with van der Waals surface area (Å²) in [5.74, 6) is 1.33. The van der Waals surface area contributed by atoms with Gasteiger partial charge in [-0.2, -0.15) is 13.2 Å². The van der Waals surface area contributed by atoms with E-state index in [1.54, 1.807) is 12.1 Å². The summed E-state index contributed by atoms with van der Waals surface area (Å²) in [4.78, 5) is 6.50. The molecule has 0 N–H and O–H groups in total. The van der Waals surface area contributed by atoms with Gasteiger partial charge >= 0.3 is 6.18 Å². The molecule has 2 aromatic rings. The lowest BCUT2D eigenvalue weighted by Gasteiger charge is -2.35. The third-order valence-corrected chi connectivity index (χ3v) is 6.11. The van der Waals surface area contributed by atoms with Gasteiger partial charge in [0.2, 0.25) is 0 Å². The van der Waals surface area contributed by atoms with Gasteiger partial charge in [0.25, 0.3) is 0 Å². The zero-order chi connectivity index (χ0) is 19.6. The van der Waals surface area contributed by atoms with Crippen molar-refractivity contribution in [2.75, 3.05) is 19.6 Å². The van der Waals surface area contributed by atoms with E-state index in [-0.39, 0.29) is 11.6 Å². The van der Waals surface area contributed by atoms with Crippen LogP contribution in [0.25, 0.3) is 10.9 Å². The number of pyridine rings is 1. The fourth-order valence-electron chi connectivity index (χ4n) is 4.61. The number of hydrogen-bond acceptors (Lipinski definition) is 3. The molecule has 3 nitrogen and oxygen atoms in total. The number of rotatable bonds is 4. The normalized spacial score (nSPS) is 20.5. The summed E-state index contributed by atoms with van der Waals surface area (Å²) in [5, 5.41) is 0.432. The maximum atomic E-state index is 13.3. The van der Waals surface area contributed by atoms with Crippen LogP contribution >= 0.6 is 0 Å². The van der Waals surface area contributed by atoms with Gasteiger partial charge in [0.05, 0.1) is 11.1 Å². The van der Waals surface area contributed by atoms with Crippen LogP contribution in [0.2, 0.25) is 0 Å². The summed E-state index contributed by atoms with van der Waals surface area (Å²) in [6.07, 6.45) is 5.65. The molecule has 6 heteroatoms. The number of halogens is 3. The minimum absolute atomic E-state index is 0.0396. The Bertz CT molecular complexity index is 794. The average molecular weight is 392 g/mol. The topological polar surface area (TPSA) is 25.4 Å². The van der Waals surface area contributed by atoms with E-state index in [0.29, 0.717) is 11.1 Å². The van der Waals surface area contributed by atoms with Crippen LogP contribution in [-0.2, 0) is 6.18 Å². The number of nitrogens with zero attached hydrogens (tertiary/aromatic N) is 2. The monoisotopic (exact) mass is 392 g/mol. The number of ether oxygens (including phenoxy) is 1. The third kappa shape index (κ3) is 4.43. The molecule has 2 aliphatic rings. The van der Waals surface area contributed by atoms with Gasteiger partial charge in [-0.15, -0.1) is 0 Å². The molecule has 1 aliphatic heterocycles. The van der Waals surface area contributed by atoms with Crippen molar-refractivity contribution in [3.8, 4) is 5.75 Å². The molecule has 0 unspecified atom stereocenters. The van der Waals surface area contributed by atoms with E-state index in [0.717, 1.165) is 37.9 Å². The Kier molecular flexibility index (Phi) is 5.76. The van der Waals surface area contributed by atoms with E-state index in [4.69, 9.17) is 4.74 Å².